The molecule has 0 aromatic heterocycles. The Morgan fingerprint density at radius 1 is 1.19 bits per heavy atom. The van der Waals surface area contributed by atoms with Crippen molar-refractivity contribution in [2.45, 2.75) is 16.9 Å². The maximum Gasteiger partial charge on any atom is 0.266 e. The Hall–Kier alpha value is -1.77. The number of halogens is 3. The van der Waals surface area contributed by atoms with Crippen LogP contribution in [0.25, 0.3) is 6.08 Å². The maximum atomic E-state index is 12.4. The molecule has 5 nitrogen and oxygen atoms in total. The number of amides is 2. The first-order chi connectivity index (χ1) is 14.7. The topological polar surface area (TPSA) is 58.6 Å². The predicted molar refractivity (Wildman–Crippen MR) is 131 cm³/mol. The van der Waals surface area contributed by atoms with E-state index in [0.29, 0.717) is 27.1 Å². The lowest BCUT2D eigenvalue weighted by Crippen LogP contribution is -2.47. The average molecular weight is 516 g/mol. The molecule has 31 heavy (non-hydrogen) atoms. The van der Waals surface area contributed by atoms with Crippen molar-refractivity contribution < 1.29 is 14.3 Å². The molecular formula is C21H17Cl3N2O3S2. The predicted octanol–water partition coefficient (Wildman–Crippen LogP) is 5.41. The Morgan fingerprint density at radius 3 is 2.39 bits per heavy atom. The number of hydrogen-bond acceptors (Lipinski definition) is 5. The van der Waals surface area contributed by atoms with E-state index in [4.69, 9.17) is 51.8 Å². The minimum atomic E-state index is -1.91. The molecule has 0 saturated carbocycles. The molecule has 2 amide bonds. The number of hydrogen-bond donors (Lipinski definition) is 1. The molecule has 0 bridgehead atoms. The third-order valence-corrected chi connectivity index (χ3v) is 6.19. The molecule has 1 atom stereocenters. The molecule has 10 heteroatoms. The Morgan fingerprint density at radius 2 is 1.84 bits per heavy atom. The van der Waals surface area contributed by atoms with Crippen molar-refractivity contribution in [3.8, 4) is 5.75 Å². The first kappa shape index (κ1) is 23.9. The summed E-state index contributed by atoms with van der Waals surface area (Å²) in [7, 11) is 0. The van der Waals surface area contributed by atoms with Crippen LogP contribution in [-0.4, -0.2) is 37.6 Å². The highest BCUT2D eigenvalue weighted by Crippen LogP contribution is 2.34. The van der Waals surface area contributed by atoms with Gasteiger partial charge in [0.05, 0.1) is 4.91 Å². The van der Waals surface area contributed by atoms with Crippen molar-refractivity contribution in [3.63, 3.8) is 0 Å². The van der Waals surface area contributed by atoms with Gasteiger partial charge in [-0.15, -0.1) is 0 Å². The summed E-state index contributed by atoms with van der Waals surface area (Å²) in [4.78, 5) is 26.9. The van der Waals surface area contributed by atoms with E-state index in [9.17, 15) is 9.59 Å². The van der Waals surface area contributed by atoms with Crippen molar-refractivity contribution >= 4 is 81.0 Å². The highest BCUT2D eigenvalue weighted by molar-refractivity contribution is 8.26. The van der Waals surface area contributed by atoms with Crippen LogP contribution in [0.1, 0.15) is 22.8 Å². The second kappa shape index (κ2) is 10.2. The summed E-state index contributed by atoms with van der Waals surface area (Å²) in [6.45, 7) is 2.40. The number of nitrogens with one attached hydrogen (secondary N) is 1. The van der Waals surface area contributed by atoms with Gasteiger partial charge >= 0.3 is 0 Å². The number of carbonyl (C=O) groups is 2. The first-order valence-corrected chi connectivity index (χ1v) is 11.5. The lowest BCUT2D eigenvalue weighted by Gasteiger charge is -2.26. The van der Waals surface area contributed by atoms with E-state index in [1.165, 1.54) is 11.8 Å². The molecular weight excluding hydrogens is 499 g/mol. The number of benzene rings is 2. The fraction of sp³-hybridized carbons (Fsp3) is 0.190. The van der Waals surface area contributed by atoms with Crippen LogP contribution in [0.5, 0.6) is 5.75 Å². The number of thiocarbonyl (C=S) groups is 1. The van der Waals surface area contributed by atoms with E-state index >= 15 is 0 Å². The minimum absolute atomic E-state index is 0.113. The number of nitrogens with zero attached hydrogens (tertiary/aromatic N) is 1. The van der Waals surface area contributed by atoms with Crippen molar-refractivity contribution in [1.29, 1.82) is 0 Å². The number of thioether (sulfide) groups is 1. The van der Waals surface area contributed by atoms with Gasteiger partial charge in [-0.1, -0.05) is 89.1 Å². The van der Waals surface area contributed by atoms with Crippen LogP contribution in [0.2, 0.25) is 0 Å². The largest absolute Gasteiger partial charge is 0.466 e. The highest BCUT2D eigenvalue weighted by atomic mass is 35.6. The van der Waals surface area contributed by atoms with Crippen LogP contribution in [0, 0.1) is 0 Å². The van der Waals surface area contributed by atoms with E-state index in [1.54, 1.807) is 65.6 Å². The van der Waals surface area contributed by atoms with Crippen LogP contribution < -0.4 is 10.1 Å². The monoisotopic (exact) mass is 514 g/mol. The van der Waals surface area contributed by atoms with E-state index in [-0.39, 0.29) is 5.91 Å². The SMILES string of the molecule is CCN1C(=O)/C(=C/c2ccc(OC(NC(=O)c3ccccc3)C(Cl)(Cl)Cl)cc2)SC1=S. The van der Waals surface area contributed by atoms with Gasteiger partial charge in [-0.3, -0.25) is 14.5 Å². The van der Waals surface area contributed by atoms with E-state index in [0.717, 1.165) is 5.56 Å². The Balaban J connectivity index is 1.72. The summed E-state index contributed by atoms with van der Waals surface area (Å²) < 4.78 is 4.35. The molecule has 0 radical (unpaired) electrons. The Labute approximate surface area is 204 Å². The van der Waals surface area contributed by atoms with Gasteiger partial charge in [-0.2, -0.15) is 0 Å². The van der Waals surface area contributed by atoms with Gasteiger partial charge in [0.1, 0.15) is 10.1 Å². The van der Waals surface area contributed by atoms with Crippen LogP contribution in [-0.2, 0) is 4.79 Å². The van der Waals surface area contributed by atoms with E-state index in [1.807, 2.05) is 6.92 Å². The lowest BCUT2D eigenvalue weighted by atomic mass is 10.2. The van der Waals surface area contributed by atoms with Crippen LogP contribution in [0.15, 0.2) is 59.5 Å². The summed E-state index contributed by atoms with van der Waals surface area (Å²) in [5, 5.41) is 2.58. The summed E-state index contributed by atoms with van der Waals surface area (Å²) in [6.07, 6.45) is 0.527. The molecule has 1 saturated heterocycles. The summed E-state index contributed by atoms with van der Waals surface area (Å²) in [5.41, 5.74) is 1.19. The van der Waals surface area contributed by atoms with Gasteiger partial charge < -0.3 is 10.1 Å². The Kier molecular flexibility index (Phi) is 7.88. The second-order valence-electron chi connectivity index (χ2n) is 6.37. The molecule has 1 heterocycles. The van der Waals surface area contributed by atoms with E-state index in [2.05, 4.69) is 5.32 Å². The maximum absolute atomic E-state index is 12.4. The zero-order valence-electron chi connectivity index (χ0n) is 16.2. The molecule has 3 rings (SSSR count). The van der Waals surface area contributed by atoms with Crippen molar-refractivity contribution in [2.75, 3.05) is 6.54 Å². The normalized spacial score (nSPS) is 16.5. The number of alkyl halides is 3. The average Bonchev–Trinajstić information content (AvgIpc) is 3.01. The number of carbonyl (C=O) groups excluding carboxylic acids is 2. The van der Waals surface area contributed by atoms with Gasteiger partial charge in [0.25, 0.3) is 11.8 Å². The van der Waals surface area contributed by atoms with Crippen molar-refractivity contribution in [1.82, 2.24) is 10.2 Å². The van der Waals surface area contributed by atoms with Gasteiger partial charge in [-0.25, -0.2) is 0 Å². The zero-order valence-corrected chi connectivity index (χ0v) is 20.1. The summed E-state index contributed by atoms with van der Waals surface area (Å²) in [6, 6.07) is 15.3. The van der Waals surface area contributed by atoms with Gasteiger partial charge in [0.15, 0.2) is 0 Å². The van der Waals surface area contributed by atoms with Crippen LogP contribution in [0.3, 0.4) is 0 Å². The van der Waals surface area contributed by atoms with Gasteiger partial charge in [-0.05, 0) is 42.8 Å². The molecule has 162 valence electrons. The smallest absolute Gasteiger partial charge is 0.266 e. The number of likely N-dealkylation sites (N-methyl/N-ethyl adjacent to an activating group) is 1. The standard InChI is InChI=1S/C21H17Cl3N2O3S2/c1-2-26-18(28)16(31-20(26)30)12-13-8-10-15(11-9-13)29-19(21(22,23)24)25-17(27)14-6-4-3-5-7-14/h3-12,19H,2H2,1H3,(H,25,27)/b16-12-. The third kappa shape index (κ3) is 6.14. The second-order valence-corrected chi connectivity index (χ2v) is 10.4. The molecule has 2 aromatic rings. The van der Waals surface area contributed by atoms with Crippen molar-refractivity contribution in [3.05, 3.63) is 70.6 Å². The molecule has 0 aliphatic carbocycles. The van der Waals surface area contributed by atoms with Crippen LogP contribution >= 0.6 is 58.8 Å². The zero-order chi connectivity index (χ0) is 22.6. The van der Waals surface area contributed by atoms with Crippen LogP contribution in [0.4, 0.5) is 0 Å². The third-order valence-electron chi connectivity index (χ3n) is 4.22. The van der Waals surface area contributed by atoms with E-state index < -0.39 is 15.9 Å². The molecule has 1 aliphatic heterocycles. The molecule has 1 fully saturated rings. The van der Waals surface area contributed by atoms with Gasteiger partial charge in [0, 0.05) is 12.1 Å². The molecule has 1 aliphatic rings. The van der Waals surface area contributed by atoms with Gasteiger partial charge in [0.2, 0.25) is 10.0 Å². The minimum Gasteiger partial charge on any atom is -0.466 e. The first-order valence-electron chi connectivity index (χ1n) is 9.13. The van der Waals surface area contributed by atoms with Crippen molar-refractivity contribution in [2.24, 2.45) is 0 Å². The quantitative estimate of drug-likeness (QED) is 0.241. The molecule has 1 N–H and O–H groups in total. The summed E-state index contributed by atoms with van der Waals surface area (Å²) in [5.74, 6) is -0.174. The molecule has 0 spiro atoms. The lowest BCUT2D eigenvalue weighted by molar-refractivity contribution is -0.121. The molecule has 2 aromatic carbocycles. The number of rotatable bonds is 6. The Bertz CT molecular complexity index is 1010. The fourth-order valence-corrected chi connectivity index (χ4v) is 4.35. The summed E-state index contributed by atoms with van der Waals surface area (Å²) >= 11 is 24.5. The number of ether oxygens (including phenoxy) is 1. The fourth-order valence-electron chi connectivity index (χ4n) is 2.67. The molecule has 1 unspecified atom stereocenters. The highest BCUT2D eigenvalue weighted by Gasteiger charge is 2.36.